The fourth-order valence-electron chi connectivity index (χ4n) is 3.58. The molecule has 0 spiro atoms. The van der Waals surface area contributed by atoms with Crippen LogP contribution in [0.15, 0.2) is 53.4 Å². The topological polar surface area (TPSA) is 121 Å². The van der Waals surface area contributed by atoms with E-state index in [-0.39, 0.29) is 23.0 Å². The van der Waals surface area contributed by atoms with Crippen molar-refractivity contribution in [3.63, 3.8) is 0 Å². The molecule has 0 aliphatic carbocycles. The van der Waals surface area contributed by atoms with Gasteiger partial charge in [0.05, 0.1) is 10.5 Å². The first-order chi connectivity index (χ1) is 14.2. The molecule has 1 aliphatic heterocycles. The van der Waals surface area contributed by atoms with Crippen molar-refractivity contribution in [3.8, 4) is 0 Å². The zero-order valence-corrected chi connectivity index (χ0v) is 17.3. The molecule has 1 N–H and O–H groups in total. The van der Waals surface area contributed by atoms with Crippen molar-refractivity contribution >= 4 is 21.7 Å². The van der Waals surface area contributed by atoms with E-state index in [1.54, 1.807) is 12.1 Å². The quantitative estimate of drug-likeness (QED) is 0.526. The molecule has 1 fully saturated rings. The van der Waals surface area contributed by atoms with Gasteiger partial charge in [-0.25, -0.2) is 13.2 Å². The van der Waals surface area contributed by atoms with Gasteiger partial charge in [0.2, 0.25) is 10.0 Å². The van der Waals surface area contributed by atoms with Crippen LogP contribution < -0.4 is 0 Å². The first kappa shape index (κ1) is 21.9. The third-order valence-corrected chi connectivity index (χ3v) is 7.23. The highest BCUT2D eigenvalue weighted by atomic mass is 32.2. The fraction of sp³-hybridized carbons (Fsp3) is 0.350. The molecule has 160 valence electrons. The standard InChI is InChI=1S/C20H23N3O6S/c1-21-12-10-17(11-13-21)22(14-15-6-8-16(9-7-15)20(24)25)30(28,29)19-5-3-2-4-18(19)23(26)27/h2-9,17H,10-14H2,1H3,(H,24,25). The van der Waals surface area contributed by atoms with Crippen LogP contribution in [0.3, 0.4) is 0 Å². The van der Waals surface area contributed by atoms with E-state index < -0.39 is 26.6 Å². The second-order valence-electron chi connectivity index (χ2n) is 7.31. The van der Waals surface area contributed by atoms with Crippen LogP contribution >= 0.6 is 0 Å². The van der Waals surface area contributed by atoms with E-state index in [4.69, 9.17) is 5.11 Å². The molecule has 0 saturated carbocycles. The van der Waals surface area contributed by atoms with Crippen LogP contribution in [0.2, 0.25) is 0 Å². The van der Waals surface area contributed by atoms with Crippen LogP contribution in [0.4, 0.5) is 5.69 Å². The number of likely N-dealkylation sites (tertiary alicyclic amines) is 1. The van der Waals surface area contributed by atoms with Crippen LogP contribution in [0, 0.1) is 10.1 Å². The first-order valence-corrected chi connectivity index (χ1v) is 10.9. The second kappa shape index (κ2) is 8.90. The lowest BCUT2D eigenvalue weighted by molar-refractivity contribution is -0.387. The molecule has 0 bridgehead atoms. The van der Waals surface area contributed by atoms with Crippen molar-refractivity contribution in [1.29, 1.82) is 0 Å². The summed E-state index contributed by atoms with van der Waals surface area (Å²) in [4.78, 5) is 23.6. The lowest BCUT2D eigenvalue weighted by Gasteiger charge is -2.36. The summed E-state index contributed by atoms with van der Waals surface area (Å²) in [6.45, 7) is 1.43. The number of carbonyl (C=O) groups is 1. The van der Waals surface area contributed by atoms with Crippen LogP contribution in [0.1, 0.15) is 28.8 Å². The van der Waals surface area contributed by atoms with E-state index >= 15 is 0 Å². The van der Waals surface area contributed by atoms with Gasteiger partial charge in [0.15, 0.2) is 4.90 Å². The molecule has 1 heterocycles. The lowest BCUT2D eigenvalue weighted by Crippen LogP contribution is -2.46. The Morgan fingerprint density at radius 1 is 1.17 bits per heavy atom. The average Bonchev–Trinajstić information content (AvgIpc) is 2.73. The Hall–Kier alpha value is -2.82. The smallest absolute Gasteiger partial charge is 0.335 e. The zero-order valence-electron chi connectivity index (χ0n) is 16.5. The van der Waals surface area contributed by atoms with Crippen molar-refractivity contribution in [2.45, 2.75) is 30.3 Å². The number of carboxylic acid groups (broad SMARTS) is 1. The Labute approximate surface area is 174 Å². The third-order valence-electron chi connectivity index (χ3n) is 5.28. The van der Waals surface area contributed by atoms with Gasteiger partial charge in [-0.1, -0.05) is 24.3 Å². The van der Waals surface area contributed by atoms with Crippen molar-refractivity contribution in [2.75, 3.05) is 20.1 Å². The number of sulfonamides is 1. The summed E-state index contributed by atoms with van der Waals surface area (Å²) in [5.74, 6) is -1.07. The highest BCUT2D eigenvalue weighted by Crippen LogP contribution is 2.31. The highest BCUT2D eigenvalue weighted by molar-refractivity contribution is 7.89. The number of carboxylic acids is 1. The number of nitrogens with zero attached hydrogens (tertiary/aromatic N) is 3. The minimum absolute atomic E-state index is 0.00264. The number of hydrogen-bond donors (Lipinski definition) is 1. The Kier molecular flexibility index (Phi) is 6.49. The maximum absolute atomic E-state index is 13.5. The SMILES string of the molecule is CN1CCC(N(Cc2ccc(C(=O)O)cc2)S(=O)(=O)c2ccccc2[N+](=O)[O-])CC1. The van der Waals surface area contributed by atoms with Gasteiger partial charge in [0, 0.05) is 18.7 Å². The van der Waals surface area contributed by atoms with Gasteiger partial charge in [-0.2, -0.15) is 4.31 Å². The molecular formula is C20H23N3O6S. The van der Waals surface area contributed by atoms with E-state index in [1.807, 2.05) is 7.05 Å². The minimum atomic E-state index is -4.16. The van der Waals surface area contributed by atoms with Gasteiger partial charge in [0.1, 0.15) is 0 Å². The largest absolute Gasteiger partial charge is 0.478 e. The molecule has 2 aromatic rings. The maximum Gasteiger partial charge on any atom is 0.335 e. The second-order valence-corrected chi connectivity index (χ2v) is 9.17. The van der Waals surface area contributed by atoms with E-state index in [0.29, 0.717) is 31.5 Å². The Balaban J connectivity index is 2.01. The number of piperidine rings is 1. The van der Waals surface area contributed by atoms with Crippen molar-refractivity contribution < 1.29 is 23.2 Å². The normalized spacial score (nSPS) is 15.9. The molecule has 0 amide bonds. The molecular weight excluding hydrogens is 410 g/mol. The van der Waals surface area contributed by atoms with E-state index in [9.17, 15) is 23.3 Å². The molecule has 1 aliphatic rings. The number of benzene rings is 2. The van der Waals surface area contributed by atoms with E-state index in [2.05, 4.69) is 4.90 Å². The number of hydrogen-bond acceptors (Lipinski definition) is 6. The number of nitro groups is 1. The molecule has 3 rings (SSSR count). The van der Waals surface area contributed by atoms with Crippen molar-refractivity contribution in [2.24, 2.45) is 0 Å². The molecule has 0 unspecified atom stereocenters. The van der Waals surface area contributed by atoms with Gasteiger partial charge in [-0.05, 0) is 56.7 Å². The summed E-state index contributed by atoms with van der Waals surface area (Å²) in [7, 11) is -2.20. The minimum Gasteiger partial charge on any atom is -0.478 e. The van der Waals surface area contributed by atoms with Gasteiger partial charge >= 0.3 is 5.97 Å². The average molecular weight is 433 g/mol. The molecule has 1 saturated heterocycles. The van der Waals surface area contributed by atoms with Gasteiger partial charge < -0.3 is 10.0 Å². The van der Waals surface area contributed by atoms with Crippen LogP contribution in [0.5, 0.6) is 0 Å². The summed E-state index contributed by atoms with van der Waals surface area (Å²) in [5, 5.41) is 20.5. The maximum atomic E-state index is 13.5. The molecule has 0 aromatic heterocycles. The number of nitro benzene ring substituents is 1. The van der Waals surface area contributed by atoms with Gasteiger partial charge in [-0.15, -0.1) is 0 Å². The Bertz CT molecular complexity index is 1030. The molecule has 30 heavy (non-hydrogen) atoms. The predicted molar refractivity (Wildman–Crippen MR) is 110 cm³/mol. The summed E-state index contributed by atoms with van der Waals surface area (Å²) >= 11 is 0. The summed E-state index contributed by atoms with van der Waals surface area (Å²) < 4.78 is 28.4. The van der Waals surface area contributed by atoms with Crippen molar-refractivity contribution in [1.82, 2.24) is 9.21 Å². The number of aromatic carboxylic acids is 1. The molecule has 9 nitrogen and oxygen atoms in total. The zero-order chi connectivity index (χ0) is 21.9. The predicted octanol–water partition coefficient (Wildman–Crippen LogP) is 2.58. The van der Waals surface area contributed by atoms with Crippen LogP contribution in [-0.2, 0) is 16.6 Å². The van der Waals surface area contributed by atoms with Crippen LogP contribution in [-0.4, -0.2) is 59.8 Å². The number of rotatable bonds is 7. The van der Waals surface area contributed by atoms with E-state index in [0.717, 1.165) is 0 Å². The number of para-hydroxylation sites is 1. The van der Waals surface area contributed by atoms with Crippen LogP contribution in [0.25, 0.3) is 0 Å². The van der Waals surface area contributed by atoms with Gasteiger partial charge in [-0.3, -0.25) is 10.1 Å². The summed E-state index contributed by atoms with van der Waals surface area (Å²) in [6.07, 6.45) is 1.20. The first-order valence-electron chi connectivity index (χ1n) is 9.46. The summed E-state index contributed by atoms with van der Waals surface area (Å²) in [5.41, 5.74) is 0.254. The highest BCUT2D eigenvalue weighted by Gasteiger charge is 2.37. The summed E-state index contributed by atoms with van der Waals surface area (Å²) in [6, 6.07) is 11.0. The van der Waals surface area contributed by atoms with Crippen molar-refractivity contribution in [3.05, 3.63) is 69.8 Å². The fourth-order valence-corrected chi connectivity index (χ4v) is 5.41. The Morgan fingerprint density at radius 2 is 1.77 bits per heavy atom. The monoisotopic (exact) mass is 433 g/mol. The molecule has 0 atom stereocenters. The lowest BCUT2D eigenvalue weighted by atomic mass is 10.0. The van der Waals surface area contributed by atoms with Gasteiger partial charge in [0.25, 0.3) is 5.69 Å². The van der Waals surface area contributed by atoms with E-state index in [1.165, 1.54) is 40.7 Å². The molecule has 10 heteroatoms. The molecule has 2 aromatic carbocycles. The third kappa shape index (κ3) is 4.66. The Morgan fingerprint density at radius 3 is 2.33 bits per heavy atom. The molecule has 0 radical (unpaired) electrons.